The molecule has 0 aromatic heterocycles. The molecule has 0 aromatic carbocycles. The highest BCUT2D eigenvalue weighted by Gasteiger charge is 2.65. The molecule has 25 heavy (non-hydrogen) atoms. The summed E-state index contributed by atoms with van der Waals surface area (Å²) in [5, 5.41) is 11.6. The second-order valence-electron chi connectivity index (χ2n) is 10.6. The van der Waals surface area contributed by atoms with Crippen molar-refractivity contribution in [1.29, 1.82) is 0 Å². The van der Waals surface area contributed by atoms with E-state index in [-0.39, 0.29) is 5.41 Å². The van der Waals surface area contributed by atoms with Crippen molar-refractivity contribution >= 4 is 5.78 Å². The third kappa shape index (κ3) is 2.27. The first-order valence-corrected chi connectivity index (χ1v) is 10.7. The molecule has 1 unspecified atom stereocenters. The molecular formula is C22H34O3. The topological polar surface area (TPSA) is 49.8 Å². The summed E-state index contributed by atoms with van der Waals surface area (Å²) in [6.45, 7) is 5.74. The van der Waals surface area contributed by atoms with Gasteiger partial charge in [0.25, 0.3) is 0 Å². The summed E-state index contributed by atoms with van der Waals surface area (Å²) in [5.41, 5.74) is -0.0592. The number of ketones is 1. The Morgan fingerprint density at radius 2 is 1.84 bits per heavy atom. The first-order valence-electron chi connectivity index (χ1n) is 10.7. The molecule has 4 saturated carbocycles. The maximum absolute atomic E-state index is 12.0. The van der Waals surface area contributed by atoms with E-state index in [4.69, 9.17) is 4.74 Å². The van der Waals surface area contributed by atoms with Crippen molar-refractivity contribution in [3.8, 4) is 0 Å². The molecule has 1 saturated heterocycles. The number of Topliss-reactive ketones (excluding diaryl/α,β-unsaturated/α-hetero) is 1. The fraction of sp³-hybridized carbons (Fsp3) is 0.955. The number of hydrogen-bond acceptors (Lipinski definition) is 3. The smallest absolute Gasteiger partial charge is 0.133 e. The standard InChI is InChI=1S/C22H34O3/c1-20-8-5-15(23)11-14(20)3-4-17-18(20)6-9-21(2)19(17)7-10-22(21,24)12-16-13-25-16/h14,16-19,24H,3-13H2,1-2H3/t14-,16?,17+,18-,19-,20-,21-,22+/m0/s1. The van der Waals surface area contributed by atoms with Crippen molar-refractivity contribution in [2.45, 2.75) is 89.8 Å². The van der Waals surface area contributed by atoms with Crippen molar-refractivity contribution < 1.29 is 14.6 Å². The summed E-state index contributed by atoms with van der Waals surface area (Å²) in [6, 6.07) is 0. The predicted octanol–water partition coefficient (Wildman–Crippen LogP) is 4.12. The Labute approximate surface area is 151 Å². The van der Waals surface area contributed by atoms with Crippen LogP contribution < -0.4 is 0 Å². The molecule has 1 aliphatic heterocycles. The van der Waals surface area contributed by atoms with Crippen LogP contribution in [0.5, 0.6) is 0 Å². The van der Waals surface area contributed by atoms with E-state index in [2.05, 4.69) is 13.8 Å². The molecule has 0 amide bonds. The van der Waals surface area contributed by atoms with E-state index < -0.39 is 5.60 Å². The number of carbonyl (C=O) groups excluding carboxylic acids is 1. The lowest BCUT2D eigenvalue weighted by molar-refractivity contribution is -0.159. The maximum atomic E-state index is 12.0. The van der Waals surface area contributed by atoms with Crippen molar-refractivity contribution in [2.24, 2.45) is 34.5 Å². The molecule has 5 fully saturated rings. The van der Waals surface area contributed by atoms with Crippen LogP contribution in [0, 0.1) is 34.5 Å². The van der Waals surface area contributed by atoms with Crippen LogP contribution >= 0.6 is 0 Å². The van der Waals surface area contributed by atoms with Gasteiger partial charge in [0.1, 0.15) is 5.78 Å². The van der Waals surface area contributed by atoms with Gasteiger partial charge in [0.05, 0.1) is 18.3 Å². The number of aliphatic hydroxyl groups is 1. The zero-order chi connectivity index (χ0) is 17.4. The Morgan fingerprint density at radius 1 is 1.08 bits per heavy atom. The third-order valence-electron chi connectivity index (χ3n) is 9.77. The summed E-state index contributed by atoms with van der Waals surface area (Å²) in [5.74, 6) is 3.34. The monoisotopic (exact) mass is 346 g/mol. The predicted molar refractivity (Wildman–Crippen MR) is 96.0 cm³/mol. The van der Waals surface area contributed by atoms with E-state index in [0.717, 1.165) is 57.0 Å². The second kappa shape index (κ2) is 5.32. The molecule has 8 atom stereocenters. The summed E-state index contributed by atoms with van der Waals surface area (Å²) >= 11 is 0. The molecule has 0 bridgehead atoms. The molecular weight excluding hydrogens is 312 g/mol. The van der Waals surface area contributed by atoms with Gasteiger partial charge in [0, 0.05) is 19.3 Å². The highest BCUT2D eigenvalue weighted by molar-refractivity contribution is 5.79. The number of rotatable bonds is 2. The fourth-order valence-corrected chi connectivity index (χ4v) is 8.05. The fourth-order valence-electron chi connectivity index (χ4n) is 8.05. The Kier molecular flexibility index (Phi) is 3.56. The lowest BCUT2D eigenvalue weighted by Gasteiger charge is -2.61. The van der Waals surface area contributed by atoms with Crippen molar-refractivity contribution in [2.75, 3.05) is 6.61 Å². The quantitative estimate of drug-likeness (QED) is 0.765. The van der Waals surface area contributed by atoms with Gasteiger partial charge in [-0.05, 0) is 79.4 Å². The van der Waals surface area contributed by atoms with Crippen molar-refractivity contribution in [3.05, 3.63) is 0 Å². The van der Waals surface area contributed by atoms with Gasteiger partial charge < -0.3 is 9.84 Å². The first kappa shape index (κ1) is 16.7. The van der Waals surface area contributed by atoms with E-state index in [9.17, 15) is 9.90 Å². The van der Waals surface area contributed by atoms with Gasteiger partial charge in [-0.3, -0.25) is 4.79 Å². The van der Waals surface area contributed by atoms with Crippen LogP contribution in [0.15, 0.2) is 0 Å². The Morgan fingerprint density at radius 3 is 2.60 bits per heavy atom. The lowest BCUT2D eigenvalue weighted by Crippen LogP contribution is -2.56. The number of fused-ring (bicyclic) bond motifs is 5. The summed E-state index contributed by atoms with van der Waals surface area (Å²) in [4.78, 5) is 12.0. The van der Waals surface area contributed by atoms with Gasteiger partial charge in [0.15, 0.2) is 0 Å². The van der Waals surface area contributed by atoms with Crippen LogP contribution in [0.4, 0.5) is 0 Å². The highest BCUT2D eigenvalue weighted by atomic mass is 16.6. The van der Waals surface area contributed by atoms with E-state index in [1.54, 1.807) is 0 Å². The van der Waals surface area contributed by atoms with E-state index in [1.807, 2.05) is 0 Å². The molecule has 5 rings (SSSR count). The van der Waals surface area contributed by atoms with E-state index in [1.165, 1.54) is 25.7 Å². The van der Waals surface area contributed by atoms with Crippen LogP contribution in [0.3, 0.4) is 0 Å². The normalized spacial score (nSPS) is 57.6. The second-order valence-corrected chi connectivity index (χ2v) is 10.6. The van der Waals surface area contributed by atoms with Gasteiger partial charge in [-0.25, -0.2) is 0 Å². The van der Waals surface area contributed by atoms with Gasteiger partial charge >= 0.3 is 0 Å². The van der Waals surface area contributed by atoms with Crippen LogP contribution in [0.2, 0.25) is 0 Å². The molecule has 3 heteroatoms. The Bertz CT molecular complexity index is 584. The number of ether oxygens (including phenoxy) is 1. The van der Waals surface area contributed by atoms with E-state index in [0.29, 0.717) is 29.1 Å². The Balaban J connectivity index is 1.42. The van der Waals surface area contributed by atoms with Gasteiger partial charge in [-0.1, -0.05) is 13.8 Å². The SMILES string of the molecule is C[C@]12CCC(=O)C[C@@H]1CC[C@@H]1[C@@H]2CC[C@@]2(C)[C@H]1CC[C@@]2(O)CC1CO1. The molecule has 4 aliphatic carbocycles. The Hall–Kier alpha value is -0.410. The summed E-state index contributed by atoms with van der Waals surface area (Å²) in [7, 11) is 0. The van der Waals surface area contributed by atoms with Crippen molar-refractivity contribution in [1.82, 2.24) is 0 Å². The van der Waals surface area contributed by atoms with Gasteiger partial charge in [-0.15, -0.1) is 0 Å². The molecule has 0 radical (unpaired) electrons. The number of hydrogen-bond donors (Lipinski definition) is 1. The molecule has 140 valence electrons. The molecule has 3 nitrogen and oxygen atoms in total. The van der Waals surface area contributed by atoms with Crippen molar-refractivity contribution in [3.63, 3.8) is 0 Å². The maximum Gasteiger partial charge on any atom is 0.133 e. The first-order chi connectivity index (χ1) is 11.9. The van der Waals surface area contributed by atoms with Gasteiger partial charge in [-0.2, -0.15) is 0 Å². The molecule has 1 heterocycles. The highest BCUT2D eigenvalue weighted by Crippen LogP contribution is 2.68. The number of epoxide rings is 1. The van der Waals surface area contributed by atoms with Gasteiger partial charge in [0.2, 0.25) is 0 Å². The zero-order valence-corrected chi connectivity index (χ0v) is 15.9. The number of carbonyl (C=O) groups is 1. The molecule has 0 aromatic rings. The lowest BCUT2D eigenvalue weighted by atomic mass is 9.44. The largest absolute Gasteiger partial charge is 0.389 e. The molecule has 5 aliphatic rings. The average molecular weight is 347 g/mol. The minimum atomic E-state index is -0.510. The summed E-state index contributed by atoms with van der Waals surface area (Å²) < 4.78 is 5.47. The summed E-state index contributed by atoms with van der Waals surface area (Å²) in [6.07, 6.45) is 11.0. The minimum absolute atomic E-state index is 0.0772. The average Bonchev–Trinajstić information content (AvgIpc) is 3.33. The van der Waals surface area contributed by atoms with E-state index >= 15 is 0 Å². The minimum Gasteiger partial charge on any atom is -0.389 e. The van der Waals surface area contributed by atoms with Crippen LogP contribution in [0.1, 0.15) is 78.1 Å². The van der Waals surface area contributed by atoms with Crippen LogP contribution in [-0.2, 0) is 9.53 Å². The zero-order valence-electron chi connectivity index (χ0n) is 15.9. The van der Waals surface area contributed by atoms with Crippen LogP contribution in [0.25, 0.3) is 0 Å². The molecule has 0 spiro atoms. The third-order valence-corrected chi connectivity index (χ3v) is 9.77. The molecule has 1 N–H and O–H groups in total. The van der Waals surface area contributed by atoms with Crippen LogP contribution in [-0.4, -0.2) is 29.2 Å².